The van der Waals surface area contributed by atoms with Crippen LogP contribution in [-0.2, 0) is 19.1 Å². The highest BCUT2D eigenvalue weighted by molar-refractivity contribution is 5.65. The minimum Gasteiger partial charge on any atom is -0.465 e. The van der Waals surface area contributed by atoms with Crippen molar-refractivity contribution in [2.24, 2.45) is 0 Å². The Morgan fingerprint density at radius 1 is 1.35 bits per heavy atom. The SMILES string of the molecule is N#Cc1cccc(Oc2ncnc3c2CCN(C(=O)O)C3)c1C(F)(F)F. The lowest BCUT2D eigenvalue weighted by atomic mass is 10.1. The summed E-state index contributed by atoms with van der Waals surface area (Å²) >= 11 is 0. The lowest BCUT2D eigenvalue weighted by molar-refractivity contribution is -0.138. The van der Waals surface area contributed by atoms with Crippen LogP contribution < -0.4 is 4.74 Å². The van der Waals surface area contributed by atoms with Crippen LogP contribution in [0.3, 0.4) is 0 Å². The molecule has 0 bridgehead atoms. The third-order valence-corrected chi connectivity index (χ3v) is 3.87. The number of nitrogens with zero attached hydrogens (tertiary/aromatic N) is 4. The molecule has 2 heterocycles. The van der Waals surface area contributed by atoms with Gasteiger partial charge in [-0.1, -0.05) is 6.07 Å². The molecule has 1 aliphatic rings. The highest BCUT2D eigenvalue weighted by atomic mass is 19.4. The summed E-state index contributed by atoms with van der Waals surface area (Å²) in [6, 6.07) is 4.94. The van der Waals surface area contributed by atoms with Crippen molar-refractivity contribution < 1.29 is 27.8 Å². The minimum atomic E-state index is -4.78. The van der Waals surface area contributed by atoms with Crippen molar-refractivity contribution in [3.8, 4) is 17.7 Å². The molecule has 0 atom stereocenters. The van der Waals surface area contributed by atoms with Crippen molar-refractivity contribution in [2.45, 2.75) is 19.1 Å². The number of benzene rings is 1. The molecule has 0 unspecified atom stereocenters. The maximum absolute atomic E-state index is 13.3. The normalized spacial score (nSPS) is 13.7. The van der Waals surface area contributed by atoms with Crippen molar-refractivity contribution in [3.05, 3.63) is 46.9 Å². The van der Waals surface area contributed by atoms with Crippen LogP contribution in [0.1, 0.15) is 22.4 Å². The molecular weight excluding hydrogens is 353 g/mol. The third-order valence-electron chi connectivity index (χ3n) is 3.87. The van der Waals surface area contributed by atoms with E-state index in [-0.39, 0.29) is 25.4 Å². The van der Waals surface area contributed by atoms with Crippen LogP contribution in [-0.4, -0.2) is 32.6 Å². The zero-order chi connectivity index (χ0) is 18.9. The van der Waals surface area contributed by atoms with Gasteiger partial charge in [-0.15, -0.1) is 0 Å². The lowest BCUT2D eigenvalue weighted by Crippen LogP contribution is -2.35. The van der Waals surface area contributed by atoms with Crippen molar-refractivity contribution in [3.63, 3.8) is 0 Å². The molecule has 10 heteroatoms. The number of carbonyl (C=O) groups is 1. The number of nitriles is 1. The first-order valence-electron chi connectivity index (χ1n) is 7.40. The number of hydrogen-bond donors (Lipinski definition) is 1. The number of rotatable bonds is 2. The van der Waals surface area contributed by atoms with E-state index in [9.17, 15) is 18.0 Å². The molecule has 7 nitrogen and oxygen atoms in total. The van der Waals surface area contributed by atoms with Crippen LogP contribution in [0, 0.1) is 11.3 Å². The molecule has 26 heavy (non-hydrogen) atoms. The number of amides is 1. The molecule has 0 saturated carbocycles. The fraction of sp³-hybridized carbons (Fsp3) is 0.250. The summed E-state index contributed by atoms with van der Waals surface area (Å²) in [5.41, 5.74) is -0.929. The highest BCUT2D eigenvalue weighted by Crippen LogP contribution is 2.40. The van der Waals surface area contributed by atoms with E-state index in [1.165, 1.54) is 12.1 Å². The standard InChI is InChI=1S/C16H11F3N4O3/c17-16(18,19)13-9(6-20)2-1-3-12(13)26-14-10-4-5-23(15(24)25)7-11(10)21-8-22-14/h1-3,8H,4-5,7H2,(H,24,25). The van der Waals surface area contributed by atoms with Gasteiger partial charge in [0.1, 0.15) is 17.6 Å². The molecule has 1 aromatic heterocycles. The Morgan fingerprint density at radius 3 is 2.77 bits per heavy atom. The zero-order valence-electron chi connectivity index (χ0n) is 13.1. The summed E-state index contributed by atoms with van der Waals surface area (Å²) in [6.45, 7) is 0.143. The first kappa shape index (κ1) is 17.5. The Balaban J connectivity index is 2.01. The van der Waals surface area contributed by atoms with E-state index in [0.717, 1.165) is 23.4 Å². The van der Waals surface area contributed by atoms with Crippen LogP contribution in [0.15, 0.2) is 24.5 Å². The highest BCUT2D eigenvalue weighted by Gasteiger charge is 2.38. The van der Waals surface area contributed by atoms with Crippen molar-refractivity contribution >= 4 is 6.09 Å². The monoisotopic (exact) mass is 364 g/mol. The molecule has 2 aromatic rings. The van der Waals surface area contributed by atoms with Crippen LogP contribution in [0.25, 0.3) is 0 Å². The third kappa shape index (κ3) is 3.23. The van der Waals surface area contributed by atoms with Crippen LogP contribution >= 0.6 is 0 Å². The van der Waals surface area contributed by atoms with Gasteiger partial charge >= 0.3 is 12.3 Å². The summed E-state index contributed by atoms with van der Waals surface area (Å²) in [6.07, 6.45) is -4.59. The van der Waals surface area contributed by atoms with Crippen molar-refractivity contribution in [2.75, 3.05) is 6.54 Å². The van der Waals surface area contributed by atoms with Crippen LogP contribution in [0.2, 0.25) is 0 Å². The van der Waals surface area contributed by atoms with Gasteiger partial charge in [0.2, 0.25) is 5.88 Å². The summed E-state index contributed by atoms with van der Waals surface area (Å²) in [4.78, 5) is 20.1. The largest absolute Gasteiger partial charge is 0.465 e. The van der Waals surface area contributed by atoms with Gasteiger partial charge < -0.3 is 14.7 Å². The summed E-state index contributed by atoms with van der Waals surface area (Å²) in [5, 5.41) is 18.0. The summed E-state index contributed by atoms with van der Waals surface area (Å²) in [7, 11) is 0. The van der Waals surface area contributed by atoms with E-state index in [0.29, 0.717) is 11.3 Å². The van der Waals surface area contributed by atoms with E-state index >= 15 is 0 Å². The molecule has 1 aliphatic heterocycles. The maximum atomic E-state index is 13.3. The maximum Gasteiger partial charge on any atom is 0.421 e. The van der Waals surface area contributed by atoms with Crippen molar-refractivity contribution in [1.82, 2.24) is 14.9 Å². The van der Waals surface area contributed by atoms with Crippen molar-refractivity contribution in [1.29, 1.82) is 5.26 Å². The van der Waals surface area contributed by atoms with Gasteiger partial charge in [-0.2, -0.15) is 18.4 Å². The average molecular weight is 364 g/mol. The topological polar surface area (TPSA) is 99.3 Å². The van der Waals surface area contributed by atoms with E-state index in [1.54, 1.807) is 0 Å². The molecule has 0 fully saturated rings. The number of hydrogen-bond acceptors (Lipinski definition) is 5. The number of ether oxygens (including phenoxy) is 1. The van der Waals surface area contributed by atoms with Gasteiger partial charge in [-0.25, -0.2) is 14.8 Å². The summed E-state index contributed by atoms with van der Waals surface area (Å²) in [5.74, 6) is -0.626. The quantitative estimate of drug-likeness (QED) is 0.879. The van der Waals surface area contributed by atoms with Gasteiger partial charge in [0.15, 0.2) is 0 Å². The summed E-state index contributed by atoms with van der Waals surface area (Å²) < 4.78 is 45.4. The smallest absolute Gasteiger partial charge is 0.421 e. The van der Waals surface area contributed by atoms with E-state index in [1.807, 2.05) is 0 Å². The Morgan fingerprint density at radius 2 is 2.12 bits per heavy atom. The Bertz CT molecular complexity index is 909. The zero-order valence-corrected chi connectivity index (χ0v) is 13.1. The number of carboxylic acid groups (broad SMARTS) is 1. The molecule has 3 rings (SSSR count). The number of alkyl halides is 3. The predicted molar refractivity (Wildman–Crippen MR) is 80.4 cm³/mol. The van der Waals surface area contributed by atoms with Gasteiger partial charge in [0.25, 0.3) is 0 Å². The fourth-order valence-corrected chi connectivity index (χ4v) is 2.68. The van der Waals surface area contributed by atoms with Crippen LogP contribution in [0.5, 0.6) is 11.6 Å². The number of halogens is 3. The van der Waals surface area contributed by atoms with Gasteiger partial charge in [-0.3, -0.25) is 0 Å². The van der Waals surface area contributed by atoms with E-state index < -0.39 is 29.1 Å². The minimum absolute atomic E-state index is 0.00604. The first-order valence-corrected chi connectivity index (χ1v) is 7.40. The number of fused-ring (bicyclic) bond motifs is 1. The van der Waals surface area contributed by atoms with Gasteiger partial charge in [0.05, 0.1) is 23.9 Å². The second-order valence-electron chi connectivity index (χ2n) is 5.45. The number of aromatic nitrogens is 2. The second-order valence-corrected chi connectivity index (χ2v) is 5.45. The second kappa shape index (κ2) is 6.51. The Hall–Kier alpha value is -3.35. The Kier molecular flexibility index (Phi) is 4.38. The fourth-order valence-electron chi connectivity index (χ4n) is 2.68. The molecule has 0 aliphatic carbocycles. The van der Waals surface area contributed by atoms with Gasteiger partial charge in [-0.05, 0) is 18.6 Å². The molecule has 134 valence electrons. The molecule has 0 spiro atoms. The Labute approximate surface area is 145 Å². The lowest BCUT2D eigenvalue weighted by Gasteiger charge is -2.26. The molecule has 1 aromatic carbocycles. The molecule has 1 amide bonds. The van der Waals surface area contributed by atoms with E-state index in [2.05, 4.69) is 9.97 Å². The van der Waals surface area contributed by atoms with Crippen LogP contribution in [0.4, 0.5) is 18.0 Å². The average Bonchev–Trinajstić information content (AvgIpc) is 2.60. The molecule has 0 saturated heterocycles. The van der Waals surface area contributed by atoms with E-state index in [4.69, 9.17) is 15.1 Å². The molecule has 0 radical (unpaired) electrons. The predicted octanol–water partition coefficient (Wildman–Crippen LogP) is 3.20. The molecule has 1 N–H and O–H groups in total. The molecular formula is C16H11F3N4O3. The first-order chi connectivity index (χ1) is 12.3. The van der Waals surface area contributed by atoms with Gasteiger partial charge in [0, 0.05) is 12.1 Å².